The minimum atomic E-state index is -0.845. The lowest BCUT2D eigenvalue weighted by Gasteiger charge is -2.42. The van der Waals surface area contributed by atoms with Crippen molar-refractivity contribution >= 4 is 6.09 Å². The van der Waals surface area contributed by atoms with Gasteiger partial charge in [0.2, 0.25) is 0 Å². The van der Waals surface area contributed by atoms with Gasteiger partial charge in [0.25, 0.3) is 0 Å². The molecule has 5 heteroatoms. The van der Waals surface area contributed by atoms with Crippen LogP contribution in [0.5, 0.6) is 0 Å². The Balaban J connectivity index is 2.73. The highest BCUT2D eigenvalue weighted by molar-refractivity contribution is 5.69. The standard InChI is InChI=1S/C12H24N2O3/c1-11(2,3)17-10(15)14-8-12(4,16)6-5-9(14)7-13/h9,16H,5-8,13H2,1-4H3/t9-,12-/m1/s1. The van der Waals surface area contributed by atoms with Crippen molar-refractivity contribution in [1.82, 2.24) is 4.90 Å². The monoisotopic (exact) mass is 244 g/mol. The molecule has 1 heterocycles. The van der Waals surface area contributed by atoms with Crippen molar-refractivity contribution in [3.05, 3.63) is 0 Å². The number of nitrogens with two attached hydrogens (primary N) is 1. The third-order valence-electron chi connectivity index (χ3n) is 2.87. The molecule has 3 N–H and O–H groups in total. The molecule has 0 unspecified atom stereocenters. The zero-order valence-electron chi connectivity index (χ0n) is 11.2. The van der Waals surface area contributed by atoms with Gasteiger partial charge in [0, 0.05) is 12.6 Å². The molecule has 0 aromatic carbocycles. The number of rotatable bonds is 1. The summed E-state index contributed by atoms with van der Waals surface area (Å²) in [5, 5.41) is 10.0. The number of β-amino-alcohol motifs (C(OH)–C–C–N with tert-alkyl or cyclic N) is 1. The van der Waals surface area contributed by atoms with Crippen LogP contribution in [0.1, 0.15) is 40.5 Å². The summed E-state index contributed by atoms with van der Waals surface area (Å²) in [6.07, 6.45) is 0.976. The molecule has 17 heavy (non-hydrogen) atoms. The van der Waals surface area contributed by atoms with Crippen LogP contribution in [0.25, 0.3) is 0 Å². The van der Waals surface area contributed by atoms with E-state index in [4.69, 9.17) is 10.5 Å². The molecule has 0 spiro atoms. The Bertz CT molecular complexity index is 284. The van der Waals surface area contributed by atoms with E-state index in [1.165, 1.54) is 0 Å². The molecular weight excluding hydrogens is 220 g/mol. The quantitative estimate of drug-likeness (QED) is 0.724. The van der Waals surface area contributed by atoms with Crippen molar-refractivity contribution in [3.8, 4) is 0 Å². The van der Waals surface area contributed by atoms with E-state index >= 15 is 0 Å². The van der Waals surface area contributed by atoms with E-state index in [-0.39, 0.29) is 12.6 Å². The third-order valence-corrected chi connectivity index (χ3v) is 2.87. The summed E-state index contributed by atoms with van der Waals surface area (Å²) in [6, 6.07) is -0.0370. The Morgan fingerprint density at radius 3 is 2.65 bits per heavy atom. The molecule has 0 bridgehead atoms. The second-order valence-corrected chi connectivity index (χ2v) is 6.03. The van der Waals surface area contributed by atoms with Crippen LogP contribution in [0, 0.1) is 0 Å². The summed E-state index contributed by atoms with van der Waals surface area (Å²) in [5.74, 6) is 0. The second-order valence-electron chi connectivity index (χ2n) is 6.03. The van der Waals surface area contributed by atoms with Gasteiger partial charge in [0.15, 0.2) is 0 Å². The van der Waals surface area contributed by atoms with E-state index in [1.54, 1.807) is 11.8 Å². The van der Waals surface area contributed by atoms with E-state index < -0.39 is 17.3 Å². The predicted molar refractivity (Wildman–Crippen MR) is 65.6 cm³/mol. The summed E-state index contributed by atoms with van der Waals surface area (Å²) in [4.78, 5) is 13.6. The number of hydrogen-bond donors (Lipinski definition) is 2. The number of amides is 1. The van der Waals surface area contributed by atoms with E-state index in [2.05, 4.69) is 0 Å². The summed E-state index contributed by atoms with van der Waals surface area (Å²) < 4.78 is 5.32. The predicted octanol–water partition coefficient (Wildman–Crippen LogP) is 1.10. The third kappa shape index (κ3) is 4.16. The topological polar surface area (TPSA) is 75.8 Å². The van der Waals surface area contributed by atoms with Gasteiger partial charge in [0.05, 0.1) is 12.1 Å². The van der Waals surface area contributed by atoms with Gasteiger partial charge >= 0.3 is 6.09 Å². The number of likely N-dealkylation sites (tertiary alicyclic amines) is 1. The zero-order chi connectivity index (χ0) is 13.3. The van der Waals surface area contributed by atoms with Crippen LogP contribution in [0.3, 0.4) is 0 Å². The van der Waals surface area contributed by atoms with Gasteiger partial charge in [-0.3, -0.25) is 0 Å². The lowest BCUT2D eigenvalue weighted by molar-refractivity contribution is -0.0496. The SMILES string of the molecule is CC(C)(C)OC(=O)N1C[C@](C)(O)CC[C@@H]1CN. The van der Waals surface area contributed by atoms with E-state index in [1.807, 2.05) is 20.8 Å². The molecule has 0 saturated carbocycles. The van der Waals surface area contributed by atoms with E-state index in [0.717, 1.165) is 0 Å². The Hall–Kier alpha value is -0.810. The molecule has 5 nitrogen and oxygen atoms in total. The van der Waals surface area contributed by atoms with Gasteiger partial charge < -0.3 is 20.5 Å². The number of carbonyl (C=O) groups is 1. The van der Waals surface area contributed by atoms with Crippen molar-refractivity contribution in [3.63, 3.8) is 0 Å². The fourth-order valence-electron chi connectivity index (χ4n) is 1.99. The summed E-state index contributed by atoms with van der Waals surface area (Å²) in [7, 11) is 0. The highest BCUT2D eigenvalue weighted by atomic mass is 16.6. The first-order valence-electron chi connectivity index (χ1n) is 6.07. The van der Waals surface area contributed by atoms with Gasteiger partial charge in [0.1, 0.15) is 5.60 Å². The highest BCUT2D eigenvalue weighted by Crippen LogP contribution is 2.26. The summed E-state index contributed by atoms with van der Waals surface area (Å²) in [5.41, 5.74) is 4.28. The molecule has 1 saturated heterocycles. The molecule has 1 rings (SSSR count). The van der Waals surface area contributed by atoms with Crippen LogP contribution in [0.4, 0.5) is 4.79 Å². The highest BCUT2D eigenvalue weighted by Gasteiger charge is 2.38. The Morgan fingerprint density at radius 1 is 1.59 bits per heavy atom. The molecular formula is C12H24N2O3. The second kappa shape index (κ2) is 4.82. The van der Waals surface area contributed by atoms with Gasteiger partial charge in [-0.15, -0.1) is 0 Å². The molecule has 1 aliphatic heterocycles. The van der Waals surface area contributed by atoms with Crippen molar-refractivity contribution in [2.24, 2.45) is 5.73 Å². The maximum atomic E-state index is 12.0. The minimum Gasteiger partial charge on any atom is -0.444 e. The Labute approximate surface area is 103 Å². The van der Waals surface area contributed by atoms with Crippen LogP contribution >= 0.6 is 0 Å². The molecule has 100 valence electrons. The lowest BCUT2D eigenvalue weighted by atomic mass is 9.90. The van der Waals surface area contributed by atoms with E-state index in [9.17, 15) is 9.90 Å². The summed E-state index contributed by atoms with van der Waals surface area (Å²) >= 11 is 0. The molecule has 0 aliphatic carbocycles. The van der Waals surface area contributed by atoms with Gasteiger partial charge in [-0.2, -0.15) is 0 Å². The van der Waals surface area contributed by atoms with Crippen molar-refractivity contribution in [2.45, 2.75) is 57.8 Å². The average molecular weight is 244 g/mol. The van der Waals surface area contributed by atoms with Gasteiger partial charge in [-0.1, -0.05) is 0 Å². The van der Waals surface area contributed by atoms with Crippen molar-refractivity contribution in [2.75, 3.05) is 13.1 Å². The zero-order valence-corrected chi connectivity index (χ0v) is 11.2. The molecule has 0 aromatic heterocycles. The number of hydrogen-bond acceptors (Lipinski definition) is 4. The van der Waals surface area contributed by atoms with Crippen LogP contribution in [0.15, 0.2) is 0 Å². The first-order valence-corrected chi connectivity index (χ1v) is 6.07. The number of ether oxygens (including phenoxy) is 1. The van der Waals surface area contributed by atoms with Gasteiger partial charge in [-0.25, -0.2) is 4.79 Å². The molecule has 0 aromatic rings. The molecule has 1 fully saturated rings. The van der Waals surface area contributed by atoms with E-state index in [0.29, 0.717) is 19.4 Å². The van der Waals surface area contributed by atoms with Crippen LogP contribution in [0.2, 0.25) is 0 Å². The normalized spacial score (nSPS) is 30.2. The lowest BCUT2D eigenvalue weighted by Crippen LogP contribution is -2.56. The number of piperidine rings is 1. The smallest absolute Gasteiger partial charge is 0.410 e. The van der Waals surface area contributed by atoms with Crippen molar-refractivity contribution in [1.29, 1.82) is 0 Å². The number of nitrogens with zero attached hydrogens (tertiary/aromatic N) is 1. The summed E-state index contributed by atoms with van der Waals surface area (Å²) in [6.45, 7) is 7.88. The molecule has 2 atom stereocenters. The Morgan fingerprint density at radius 2 is 2.18 bits per heavy atom. The fourth-order valence-corrected chi connectivity index (χ4v) is 1.99. The van der Waals surface area contributed by atoms with Crippen molar-refractivity contribution < 1.29 is 14.6 Å². The fraction of sp³-hybridized carbons (Fsp3) is 0.917. The van der Waals surface area contributed by atoms with Crippen LogP contribution in [-0.4, -0.2) is 46.4 Å². The number of aliphatic hydroxyl groups is 1. The maximum Gasteiger partial charge on any atom is 0.410 e. The molecule has 0 radical (unpaired) electrons. The van der Waals surface area contributed by atoms with Gasteiger partial charge in [-0.05, 0) is 40.5 Å². The molecule has 1 aliphatic rings. The van der Waals surface area contributed by atoms with Crippen LogP contribution in [-0.2, 0) is 4.74 Å². The number of carbonyl (C=O) groups excluding carboxylic acids is 1. The first kappa shape index (κ1) is 14.3. The average Bonchev–Trinajstić information content (AvgIpc) is 2.13. The van der Waals surface area contributed by atoms with Crippen LogP contribution < -0.4 is 5.73 Å². The first-order chi connectivity index (χ1) is 7.64. The Kier molecular flexibility index (Phi) is 4.04. The largest absolute Gasteiger partial charge is 0.444 e. The maximum absolute atomic E-state index is 12.0. The molecule has 1 amide bonds. The minimum absolute atomic E-state index is 0.0370.